The molecule has 0 aliphatic rings. The lowest BCUT2D eigenvalue weighted by Crippen LogP contribution is -2.34. The summed E-state index contributed by atoms with van der Waals surface area (Å²) in [5, 5.41) is 6.18. The summed E-state index contributed by atoms with van der Waals surface area (Å²) in [5.74, 6) is 0.305. The molecule has 0 aliphatic carbocycles. The highest BCUT2D eigenvalue weighted by molar-refractivity contribution is 7.80. The lowest BCUT2D eigenvalue weighted by Gasteiger charge is -2.11. The van der Waals surface area contributed by atoms with E-state index in [4.69, 9.17) is 28.6 Å². The molecule has 0 fully saturated rings. The maximum atomic E-state index is 12.0. The normalized spacial score (nSPS) is 9.95. The van der Waals surface area contributed by atoms with Gasteiger partial charge < -0.3 is 10.1 Å². The van der Waals surface area contributed by atoms with E-state index in [0.717, 1.165) is 5.56 Å². The molecule has 1 amide bonds. The molecule has 2 aromatic carbocycles. The van der Waals surface area contributed by atoms with Crippen molar-refractivity contribution in [2.45, 2.75) is 6.92 Å². The first kappa shape index (κ1) is 16.3. The second kappa shape index (κ2) is 7.24. The van der Waals surface area contributed by atoms with Crippen LogP contribution in [0.1, 0.15) is 15.9 Å². The Morgan fingerprint density at radius 1 is 1.18 bits per heavy atom. The number of benzene rings is 2. The predicted molar refractivity (Wildman–Crippen MR) is 92.9 cm³/mol. The maximum absolute atomic E-state index is 12.0. The largest absolute Gasteiger partial charge is 0.495 e. The van der Waals surface area contributed by atoms with Crippen LogP contribution in [0.3, 0.4) is 0 Å². The van der Waals surface area contributed by atoms with E-state index in [1.807, 2.05) is 19.1 Å². The Kier molecular flexibility index (Phi) is 5.35. The van der Waals surface area contributed by atoms with Gasteiger partial charge in [-0.3, -0.25) is 10.1 Å². The van der Waals surface area contributed by atoms with Crippen LogP contribution in [0.25, 0.3) is 0 Å². The Balaban J connectivity index is 1.99. The number of rotatable bonds is 3. The second-order valence-corrected chi connectivity index (χ2v) is 5.44. The Morgan fingerprint density at radius 3 is 2.45 bits per heavy atom. The lowest BCUT2D eigenvalue weighted by molar-refractivity contribution is 0.0977. The number of amides is 1. The van der Waals surface area contributed by atoms with Gasteiger partial charge in [-0.05, 0) is 49.5 Å². The molecule has 0 spiro atoms. The molecule has 22 heavy (non-hydrogen) atoms. The summed E-state index contributed by atoms with van der Waals surface area (Å²) in [5.41, 5.74) is 2.30. The molecule has 0 heterocycles. The van der Waals surface area contributed by atoms with Crippen molar-refractivity contribution in [3.05, 3.63) is 58.6 Å². The SMILES string of the molecule is COc1ccc(NC(=S)NC(=O)c2ccc(C)cc2)cc1Cl. The van der Waals surface area contributed by atoms with E-state index >= 15 is 0 Å². The van der Waals surface area contributed by atoms with Gasteiger partial charge >= 0.3 is 0 Å². The van der Waals surface area contributed by atoms with Gasteiger partial charge in [0.25, 0.3) is 5.91 Å². The van der Waals surface area contributed by atoms with Crippen molar-refractivity contribution >= 4 is 40.5 Å². The lowest BCUT2D eigenvalue weighted by atomic mass is 10.1. The first-order valence-electron chi connectivity index (χ1n) is 6.52. The standard InChI is InChI=1S/C16H15ClN2O2S/c1-10-3-5-11(6-4-10)15(20)19-16(22)18-12-7-8-14(21-2)13(17)9-12/h3-9H,1-2H3,(H2,18,19,20,22). The molecule has 2 N–H and O–H groups in total. The highest BCUT2D eigenvalue weighted by Gasteiger charge is 2.08. The Morgan fingerprint density at radius 2 is 1.86 bits per heavy atom. The van der Waals surface area contributed by atoms with Gasteiger partial charge in [-0.1, -0.05) is 29.3 Å². The smallest absolute Gasteiger partial charge is 0.257 e. The summed E-state index contributed by atoms with van der Waals surface area (Å²) in [6.45, 7) is 1.96. The van der Waals surface area contributed by atoms with Crippen LogP contribution in [0.4, 0.5) is 5.69 Å². The van der Waals surface area contributed by atoms with Crippen molar-refractivity contribution < 1.29 is 9.53 Å². The van der Waals surface area contributed by atoms with Crippen LogP contribution in [0.15, 0.2) is 42.5 Å². The first-order chi connectivity index (χ1) is 10.5. The van der Waals surface area contributed by atoms with Crippen molar-refractivity contribution in [2.75, 3.05) is 12.4 Å². The van der Waals surface area contributed by atoms with Crippen LogP contribution in [0.2, 0.25) is 5.02 Å². The van der Waals surface area contributed by atoms with Crippen LogP contribution >= 0.6 is 23.8 Å². The van der Waals surface area contributed by atoms with Gasteiger partial charge in [-0.2, -0.15) is 0 Å². The first-order valence-corrected chi connectivity index (χ1v) is 7.31. The molecular formula is C16H15ClN2O2S. The number of nitrogens with one attached hydrogen (secondary N) is 2. The number of methoxy groups -OCH3 is 1. The average Bonchev–Trinajstić information content (AvgIpc) is 2.48. The van der Waals surface area contributed by atoms with Crippen LogP contribution in [0.5, 0.6) is 5.75 Å². The zero-order valence-electron chi connectivity index (χ0n) is 12.1. The highest BCUT2D eigenvalue weighted by atomic mass is 35.5. The third-order valence-electron chi connectivity index (χ3n) is 2.95. The highest BCUT2D eigenvalue weighted by Crippen LogP contribution is 2.27. The van der Waals surface area contributed by atoms with Crippen LogP contribution in [-0.2, 0) is 0 Å². The summed E-state index contributed by atoms with van der Waals surface area (Å²) >= 11 is 11.2. The Labute approximate surface area is 139 Å². The minimum absolute atomic E-state index is 0.201. The zero-order valence-corrected chi connectivity index (χ0v) is 13.7. The fourth-order valence-electron chi connectivity index (χ4n) is 1.79. The molecule has 0 aliphatic heterocycles. The summed E-state index contributed by atoms with van der Waals surface area (Å²) in [4.78, 5) is 12.0. The topological polar surface area (TPSA) is 50.4 Å². The minimum atomic E-state index is -0.267. The molecule has 2 aromatic rings. The predicted octanol–water partition coefficient (Wildman–Crippen LogP) is 3.78. The fourth-order valence-corrected chi connectivity index (χ4v) is 2.25. The van der Waals surface area contributed by atoms with Gasteiger partial charge in [-0.15, -0.1) is 0 Å². The van der Waals surface area contributed by atoms with Gasteiger partial charge in [0, 0.05) is 11.3 Å². The average molecular weight is 335 g/mol. The number of hydrogen-bond donors (Lipinski definition) is 2. The number of anilines is 1. The molecule has 114 valence electrons. The van der Waals surface area contributed by atoms with Gasteiger partial charge in [0.2, 0.25) is 0 Å². The molecule has 0 saturated carbocycles. The van der Waals surface area contributed by atoms with Crippen LogP contribution < -0.4 is 15.4 Å². The van der Waals surface area contributed by atoms with Crippen molar-refractivity contribution in [1.82, 2.24) is 5.32 Å². The van der Waals surface area contributed by atoms with Gasteiger partial charge in [0.1, 0.15) is 5.75 Å². The third kappa shape index (κ3) is 4.19. The molecule has 0 radical (unpaired) electrons. The number of hydrogen-bond acceptors (Lipinski definition) is 3. The van der Waals surface area contributed by atoms with Crippen molar-refractivity contribution in [2.24, 2.45) is 0 Å². The Hall–Kier alpha value is -2.11. The molecule has 0 aromatic heterocycles. The van der Waals surface area contributed by atoms with Gasteiger partial charge in [0.15, 0.2) is 5.11 Å². The number of thiocarbonyl (C=S) groups is 1. The van der Waals surface area contributed by atoms with E-state index in [-0.39, 0.29) is 11.0 Å². The molecule has 0 atom stereocenters. The summed E-state index contributed by atoms with van der Waals surface area (Å²) < 4.78 is 5.07. The molecule has 4 nitrogen and oxygen atoms in total. The fraction of sp³-hybridized carbons (Fsp3) is 0.125. The number of aryl methyl sites for hydroxylation is 1. The van der Waals surface area contributed by atoms with E-state index in [1.165, 1.54) is 0 Å². The van der Waals surface area contributed by atoms with E-state index in [2.05, 4.69) is 10.6 Å². The van der Waals surface area contributed by atoms with Crippen molar-refractivity contribution in [3.8, 4) is 5.75 Å². The third-order valence-corrected chi connectivity index (χ3v) is 3.45. The number of carbonyl (C=O) groups excluding carboxylic acids is 1. The molecule has 0 saturated heterocycles. The quantitative estimate of drug-likeness (QED) is 0.839. The molecular weight excluding hydrogens is 320 g/mol. The van der Waals surface area contributed by atoms with Gasteiger partial charge in [-0.25, -0.2) is 0 Å². The second-order valence-electron chi connectivity index (χ2n) is 4.62. The monoisotopic (exact) mass is 334 g/mol. The number of halogens is 1. The molecule has 0 bridgehead atoms. The van der Waals surface area contributed by atoms with Crippen LogP contribution in [-0.4, -0.2) is 18.1 Å². The molecule has 0 unspecified atom stereocenters. The summed E-state index contributed by atoms with van der Waals surface area (Å²) in [7, 11) is 1.54. The summed E-state index contributed by atoms with van der Waals surface area (Å²) in [6.07, 6.45) is 0. The number of carbonyl (C=O) groups is 1. The van der Waals surface area contributed by atoms with Crippen molar-refractivity contribution in [1.29, 1.82) is 0 Å². The number of ether oxygens (including phenoxy) is 1. The van der Waals surface area contributed by atoms with E-state index < -0.39 is 0 Å². The van der Waals surface area contributed by atoms with Gasteiger partial charge in [0.05, 0.1) is 12.1 Å². The van der Waals surface area contributed by atoms with Crippen molar-refractivity contribution in [3.63, 3.8) is 0 Å². The Bertz CT molecular complexity index is 702. The maximum Gasteiger partial charge on any atom is 0.257 e. The van der Waals surface area contributed by atoms with E-state index in [0.29, 0.717) is 22.0 Å². The van der Waals surface area contributed by atoms with E-state index in [1.54, 1.807) is 37.4 Å². The molecule has 2 rings (SSSR count). The van der Waals surface area contributed by atoms with Crippen LogP contribution in [0, 0.1) is 6.92 Å². The zero-order chi connectivity index (χ0) is 16.1. The van der Waals surface area contributed by atoms with E-state index in [9.17, 15) is 4.79 Å². The molecule has 6 heteroatoms. The minimum Gasteiger partial charge on any atom is -0.495 e. The summed E-state index contributed by atoms with van der Waals surface area (Å²) in [6, 6.07) is 12.4.